The summed E-state index contributed by atoms with van der Waals surface area (Å²) in [7, 11) is 2.75. The van der Waals surface area contributed by atoms with Gasteiger partial charge in [0.1, 0.15) is 0 Å². The number of benzene rings is 2. The maximum absolute atomic E-state index is 11.2. The fourth-order valence-corrected chi connectivity index (χ4v) is 3.09. The predicted molar refractivity (Wildman–Crippen MR) is 83.1 cm³/mol. The minimum absolute atomic E-state index is 0.109. The van der Waals surface area contributed by atoms with Crippen molar-refractivity contribution in [2.45, 2.75) is 9.79 Å². The average molecular weight is 379 g/mol. The molecule has 2 rings (SSSR count). The van der Waals surface area contributed by atoms with Crippen LogP contribution in [0.3, 0.4) is 0 Å². The third kappa shape index (κ3) is 4.51. The summed E-state index contributed by atoms with van der Waals surface area (Å²) in [5, 5.41) is 7.68. The van der Waals surface area contributed by atoms with Crippen LogP contribution in [-0.2, 0) is 18.1 Å². The highest BCUT2D eigenvalue weighted by Gasteiger charge is 2.11. The van der Waals surface area contributed by atoms with Crippen molar-refractivity contribution in [3.8, 4) is 0 Å². The van der Waals surface area contributed by atoms with Crippen LogP contribution in [0.1, 0.15) is 0 Å². The number of halogens is 2. The summed E-state index contributed by atoms with van der Waals surface area (Å²) in [6, 6.07) is 11.1. The zero-order chi connectivity index (χ0) is 16.4. The highest BCUT2D eigenvalue weighted by Crippen LogP contribution is 2.25. The Morgan fingerprint density at radius 2 is 1.05 bits per heavy atom. The quantitative estimate of drug-likeness (QED) is 0.594. The molecule has 6 nitrogen and oxygen atoms in total. The molecular formula is C12H8Cl2N2O4S2. The van der Waals surface area contributed by atoms with E-state index in [0.717, 1.165) is 0 Å². The lowest BCUT2D eigenvalue weighted by Gasteiger charge is -1.98. The highest BCUT2D eigenvalue weighted by molar-refractivity contribution is 8.14. The summed E-state index contributed by atoms with van der Waals surface area (Å²) in [5.41, 5.74) is 0.502. The van der Waals surface area contributed by atoms with E-state index in [-0.39, 0.29) is 21.2 Å². The molecular weight excluding hydrogens is 371 g/mol. The first kappa shape index (κ1) is 16.9. The lowest BCUT2D eigenvalue weighted by atomic mass is 10.3. The van der Waals surface area contributed by atoms with Crippen molar-refractivity contribution in [1.82, 2.24) is 0 Å². The first-order valence-electron chi connectivity index (χ1n) is 5.67. The molecule has 0 aromatic heterocycles. The van der Waals surface area contributed by atoms with E-state index in [1.807, 2.05) is 0 Å². The van der Waals surface area contributed by atoms with Gasteiger partial charge in [-0.25, -0.2) is 16.8 Å². The summed E-state index contributed by atoms with van der Waals surface area (Å²) >= 11 is 0. The van der Waals surface area contributed by atoms with E-state index < -0.39 is 18.1 Å². The molecule has 2 aromatic carbocycles. The Morgan fingerprint density at radius 3 is 1.36 bits per heavy atom. The van der Waals surface area contributed by atoms with E-state index in [4.69, 9.17) is 21.4 Å². The summed E-state index contributed by atoms with van der Waals surface area (Å²) in [6.45, 7) is 0. The van der Waals surface area contributed by atoms with Crippen LogP contribution in [0.2, 0.25) is 0 Å². The van der Waals surface area contributed by atoms with E-state index in [1.54, 1.807) is 0 Å². The van der Waals surface area contributed by atoms with Gasteiger partial charge in [0.05, 0.1) is 21.2 Å². The van der Waals surface area contributed by atoms with E-state index >= 15 is 0 Å². The van der Waals surface area contributed by atoms with Crippen LogP contribution in [-0.4, -0.2) is 16.8 Å². The largest absolute Gasteiger partial charge is 0.261 e. The molecule has 0 heterocycles. The van der Waals surface area contributed by atoms with Gasteiger partial charge in [-0.3, -0.25) is 0 Å². The van der Waals surface area contributed by atoms with Crippen LogP contribution >= 0.6 is 21.4 Å². The molecule has 0 fully saturated rings. The molecule has 0 bridgehead atoms. The molecule has 116 valence electrons. The molecule has 22 heavy (non-hydrogen) atoms. The Labute approximate surface area is 136 Å². The Bertz CT molecular complexity index is 864. The number of hydrogen-bond acceptors (Lipinski definition) is 6. The number of azo groups is 1. The van der Waals surface area contributed by atoms with Gasteiger partial charge >= 0.3 is 0 Å². The minimum atomic E-state index is -3.86. The molecule has 0 amide bonds. The lowest BCUT2D eigenvalue weighted by molar-refractivity contribution is 0.608. The van der Waals surface area contributed by atoms with E-state index in [1.165, 1.54) is 48.5 Å². The topological polar surface area (TPSA) is 93.0 Å². The first-order valence-corrected chi connectivity index (χ1v) is 10.3. The molecule has 2 aromatic rings. The second-order valence-corrected chi connectivity index (χ2v) is 9.20. The van der Waals surface area contributed by atoms with Gasteiger partial charge in [0.15, 0.2) is 0 Å². The summed E-state index contributed by atoms with van der Waals surface area (Å²) in [4.78, 5) is -0.217. The van der Waals surface area contributed by atoms with Crippen molar-refractivity contribution in [3.63, 3.8) is 0 Å². The van der Waals surface area contributed by atoms with Gasteiger partial charge in [-0.1, -0.05) is 12.1 Å². The van der Waals surface area contributed by atoms with Gasteiger partial charge in [-0.2, -0.15) is 10.2 Å². The SMILES string of the molecule is O=S(=O)(Cl)c1cccc(N=Nc2cccc(S(=O)(=O)Cl)c2)c1. The Morgan fingerprint density at radius 1 is 0.682 bits per heavy atom. The highest BCUT2D eigenvalue weighted by atomic mass is 35.7. The van der Waals surface area contributed by atoms with Gasteiger partial charge in [-0.05, 0) is 36.4 Å². The van der Waals surface area contributed by atoms with Crippen molar-refractivity contribution in [3.05, 3.63) is 48.5 Å². The normalized spacial score (nSPS) is 12.6. The summed E-state index contributed by atoms with van der Waals surface area (Å²) in [6.07, 6.45) is 0. The van der Waals surface area contributed by atoms with Crippen molar-refractivity contribution in [2.24, 2.45) is 10.2 Å². The maximum Gasteiger partial charge on any atom is 0.261 e. The van der Waals surface area contributed by atoms with Gasteiger partial charge in [0, 0.05) is 21.4 Å². The number of hydrogen-bond donors (Lipinski definition) is 0. The fourth-order valence-electron chi connectivity index (χ4n) is 1.51. The molecule has 10 heteroatoms. The van der Waals surface area contributed by atoms with Gasteiger partial charge in [-0.15, -0.1) is 0 Å². The van der Waals surface area contributed by atoms with Gasteiger partial charge in [0.25, 0.3) is 18.1 Å². The summed E-state index contributed by atoms with van der Waals surface area (Å²) in [5.74, 6) is 0. The third-order valence-corrected chi connectivity index (χ3v) is 5.18. The molecule has 0 atom stereocenters. The second kappa shape index (κ2) is 6.33. The van der Waals surface area contributed by atoms with Crippen LogP contribution in [0.15, 0.2) is 68.6 Å². The van der Waals surface area contributed by atoms with Crippen LogP contribution in [0.5, 0.6) is 0 Å². The molecule has 0 aliphatic rings. The van der Waals surface area contributed by atoms with Crippen molar-refractivity contribution >= 4 is 50.8 Å². The monoisotopic (exact) mass is 378 g/mol. The second-order valence-electron chi connectivity index (χ2n) is 4.07. The van der Waals surface area contributed by atoms with E-state index in [0.29, 0.717) is 0 Å². The molecule has 0 aliphatic carbocycles. The van der Waals surface area contributed by atoms with Crippen LogP contribution < -0.4 is 0 Å². The Kier molecular flexibility index (Phi) is 4.86. The molecule has 0 N–H and O–H groups in total. The molecule has 0 aliphatic heterocycles. The molecule has 0 spiro atoms. The van der Waals surface area contributed by atoms with Crippen LogP contribution in [0.4, 0.5) is 11.4 Å². The molecule has 0 radical (unpaired) electrons. The number of rotatable bonds is 4. The molecule has 0 saturated heterocycles. The lowest BCUT2D eigenvalue weighted by Crippen LogP contribution is -1.89. The van der Waals surface area contributed by atoms with Gasteiger partial charge in [0.2, 0.25) is 0 Å². The van der Waals surface area contributed by atoms with E-state index in [9.17, 15) is 16.8 Å². The standard InChI is InChI=1S/C12H8Cl2N2O4S2/c13-21(17,18)11-5-1-3-9(7-11)15-16-10-4-2-6-12(8-10)22(14,19)20/h1-8H. The smallest absolute Gasteiger partial charge is 0.207 e. The van der Waals surface area contributed by atoms with Crippen LogP contribution in [0, 0.1) is 0 Å². The summed E-state index contributed by atoms with van der Waals surface area (Å²) < 4.78 is 44.9. The Balaban J connectivity index is 2.34. The maximum atomic E-state index is 11.2. The molecule has 0 saturated carbocycles. The Hall–Kier alpha value is -1.48. The van der Waals surface area contributed by atoms with E-state index in [2.05, 4.69) is 10.2 Å². The van der Waals surface area contributed by atoms with Crippen molar-refractivity contribution in [2.75, 3.05) is 0 Å². The van der Waals surface area contributed by atoms with Crippen LogP contribution in [0.25, 0.3) is 0 Å². The van der Waals surface area contributed by atoms with Crippen molar-refractivity contribution in [1.29, 1.82) is 0 Å². The predicted octanol–water partition coefficient (Wildman–Crippen LogP) is 3.96. The average Bonchev–Trinajstić information content (AvgIpc) is 2.44. The fraction of sp³-hybridized carbons (Fsp3) is 0. The number of nitrogens with zero attached hydrogens (tertiary/aromatic N) is 2. The van der Waals surface area contributed by atoms with Gasteiger partial charge < -0.3 is 0 Å². The zero-order valence-electron chi connectivity index (χ0n) is 10.7. The zero-order valence-corrected chi connectivity index (χ0v) is 13.9. The van der Waals surface area contributed by atoms with Crippen molar-refractivity contribution < 1.29 is 16.8 Å². The minimum Gasteiger partial charge on any atom is -0.207 e. The first-order chi connectivity index (χ1) is 10.2. The molecule has 0 unspecified atom stereocenters. The third-order valence-electron chi connectivity index (χ3n) is 2.48.